The molecule has 0 saturated heterocycles. The van der Waals surface area contributed by atoms with E-state index in [0.29, 0.717) is 23.9 Å². The van der Waals surface area contributed by atoms with Gasteiger partial charge in [0, 0.05) is 11.6 Å². The van der Waals surface area contributed by atoms with Gasteiger partial charge in [-0.15, -0.1) is 11.3 Å². The number of hydrogen-bond donors (Lipinski definition) is 1. The molecule has 0 saturated carbocycles. The van der Waals surface area contributed by atoms with Crippen LogP contribution in [0.5, 0.6) is 5.75 Å². The first-order chi connectivity index (χ1) is 12.1. The van der Waals surface area contributed by atoms with E-state index in [1.165, 1.54) is 11.8 Å². The maximum absolute atomic E-state index is 12.0. The topological polar surface area (TPSA) is 51.2 Å². The van der Waals surface area contributed by atoms with Crippen molar-refractivity contribution in [1.82, 2.24) is 10.3 Å². The summed E-state index contributed by atoms with van der Waals surface area (Å²) in [6.07, 6.45) is 0. The third-order valence-electron chi connectivity index (χ3n) is 3.38. The van der Waals surface area contributed by atoms with E-state index in [4.69, 9.17) is 16.3 Å². The highest BCUT2D eigenvalue weighted by Gasteiger charge is 2.09. The van der Waals surface area contributed by atoms with Gasteiger partial charge in [0.25, 0.3) is 0 Å². The number of thioether (sulfide) groups is 1. The second kappa shape index (κ2) is 8.56. The van der Waals surface area contributed by atoms with E-state index >= 15 is 0 Å². The lowest BCUT2D eigenvalue weighted by Gasteiger charge is -2.04. The van der Waals surface area contributed by atoms with Gasteiger partial charge in [-0.05, 0) is 42.8 Å². The quantitative estimate of drug-likeness (QED) is 0.589. The normalized spacial score (nSPS) is 10.8. The van der Waals surface area contributed by atoms with Crippen molar-refractivity contribution in [3.8, 4) is 5.75 Å². The van der Waals surface area contributed by atoms with E-state index in [1.807, 2.05) is 49.4 Å². The molecular formula is C18H17ClN2O2S2. The summed E-state index contributed by atoms with van der Waals surface area (Å²) in [5.74, 6) is 1.16. The fourth-order valence-electron chi connectivity index (χ4n) is 2.18. The summed E-state index contributed by atoms with van der Waals surface area (Å²) in [5, 5.41) is 3.59. The van der Waals surface area contributed by atoms with Crippen LogP contribution >= 0.6 is 34.7 Å². The van der Waals surface area contributed by atoms with Crippen molar-refractivity contribution in [3.05, 3.63) is 53.1 Å². The number of nitrogens with one attached hydrogen (secondary N) is 1. The van der Waals surface area contributed by atoms with E-state index in [-0.39, 0.29) is 5.91 Å². The second-order valence-electron chi connectivity index (χ2n) is 5.23. The van der Waals surface area contributed by atoms with Gasteiger partial charge in [0.05, 0.1) is 22.6 Å². The molecule has 1 amide bonds. The van der Waals surface area contributed by atoms with Crippen LogP contribution in [0.1, 0.15) is 12.5 Å². The molecule has 0 aliphatic heterocycles. The number of carbonyl (C=O) groups is 1. The summed E-state index contributed by atoms with van der Waals surface area (Å²) in [4.78, 5) is 16.6. The van der Waals surface area contributed by atoms with Gasteiger partial charge in [0.15, 0.2) is 4.34 Å². The fraction of sp³-hybridized carbons (Fsp3) is 0.222. The van der Waals surface area contributed by atoms with Crippen molar-refractivity contribution in [2.75, 3.05) is 12.4 Å². The zero-order valence-electron chi connectivity index (χ0n) is 13.6. The van der Waals surface area contributed by atoms with Crippen LogP contribution in [-0.2, 0) is 11.3 Å². The van der Waals surface area contributed by atoms with Gasteiger partial charge in [-0.2, -0.15) is 0 Å². The number of amides is 1. The van der Waals surface area contributed by atoms with Gasteiger partial charge in [0.2, 0.25) is 5.91 Å². The number of benzene rings is 2. The van der Waals surface area contributed by atoms with Crippen molar-refractivity contribution < 1.29 is 9.53 Å². The molecule has 1 N–H and O–H groups in total. The maximum Gasteiger partial charge on any atom is 0.230 e. The first-order valence-corrected chi connectivity index (χ1v) is 9.99. The van der Waals surface area contributed by atoms with Gasteiger partial charge in [-0.3, -0.25) is 4.79 Å². The number of carbonyl (C=O) groups excluding carboxylic acids is 1. The van der Waals surface area contributed by atoms with E-state index in [0.717, 1.165) is 25.9 Å². The van der Waals surface area contributed by atoms with E-state index < -0.39 is 0 Å². The molecule has 0 atom stereocenters. The summed E-state index contributed by atoms with van der Waals surface area (Å²) in [6.45, 7) is 3.09. The Kier molecular flexibility index (Phi) is 6.18. The Balaban J connectivity index is 1.52. The highest BCUT2D eigenvalue weighted by Crippen LogP contribution is 2.31. The van der Waals surface area contributed by atoms with Crippen LogP contribution in [0.25, 0.3) is 10.2 Å². The van der Waals surface area contributed by atoms with Crippen molar-refractivity contribution in [2.24, 2.45) is 0 Å². The van der Waals surface area contributed by atoms with Crippen LogP contribution in [0.15, 0.2) is 46.8 Å². The van der Waals surface area contributed by atoms with Crippen LogP contribution in [0, 0.1) is 0 Å². The Hall–Kier alpha value is -1.76. The van der Waals surface area contributed by atoms with Gasteiger partial charge in [-0.25, -0.2) is 4.98 Å². The van der Waals surface area contributed by atoms with E-state index in [1.54, 1.807) is 11.3 Å². The first-order valence-electron chi connectivity index (χ1n) is 7.81. The number of nitrogens with zero attached hydrogens (tertiary/aromatic N) is 1. The van der Waals surface area contributed by atoms with Gasteiger partial charge in [0.1, 0.15) is 5.75 Å². The zero-order chi connectivity index (χ0) is 17.6. The Morgan fingerprint density at radius 2 is 2.08 bits per heavy atom. The zero-order valence-corrected chi connectivity index (χ0v) is 16.0. The molecule has 2 aromatic carbocycles. The lowest BCUT2D eigenvalue weighted by molar-refractivity contribution is -0.118. The third-order valence-corrected chi connectivity index (χ3v) is 5.79. The average Bonchev–Trinajstić information content (AvgIpc) is 3.02. The molecule has 4 nitrogen and oxygen atoms in total. The first kappa shape index (κ1) is 18.0. The smallest absolute Gasteiger partial charge is 0.230 e. The van der Waals surface area contributed by atoms with Crippen molar-refractivity contribution in [1.29, 1.82) is 0 Å². The summed E-state index contributed by atoms with van der Waals surface area (Å²) >= 11 is 8.87. The van der Waals surface area contributed by atoms with Gasteiger partial charge >= 0.3 is 0 Å². The molecule has 3 aromatic rings. The van der Waals surface area contributed by atoms with Crippen LogP contribution in [0.2, 0.25) is 5.02 Å². The summed E-state index contributed by atoms with van der Waals surface area (Å²) in [6, 6.07) is 13.3. The van der Waals surface area contributed by atoms with Crippen molar-refractivity contribution >= 4 is 50.8 Å². The molecule has 7 heteroatoms. The molecule has 0 unspecified atom stereocenters. The Morgan fingerprint density at radius 1 is 1.28 bits per heavy atom. The van der Waals surface area contributed by atoms with E-state index in [2.05, 4.69) is 10.3 Å². The van der Waals surface area contributed by atoms with Crippen molar-refractivity contribution in [3.63, 3.8) is 0 Å². The molecule has 0 aliphatic carbocycles. The lowest BCUT2D eigenvalue weighted by Crippen LogP contribution is -2.24. The fourth-order valence-corrected chi connectivity index (χ4v) is 4.24. The summed E-state index contributed by atoms with van der Waals surface area (Å²) in [5.41, 5.74) is 1.95. The Labute approximate surface area is 159 Å². The standard InChI is InChI=1S/C18H17ClN2O2S2/c1-2-23-14-7-8-15-16(9-14)25-18(21-15)24-11-17(22)20-10-12-3-5-13(19)6-4-12/h3-9H,2,10-11H2,1H3,(H,20,22). The predicted octanol–water partition coefficient (Wildman–Crippen LogP) is 4.76. The third kappa shape index (κ3) is 5.11. The molecule has 130 valence electrons. The number of aromatic nitrogens is 1. The number of halogens is 1. The minimum atomic E-state index is -0.0192. The summed E-state index contributed by atoms with van der Waals surface area (Å²) < 4.78 is 7.45. The van der Waals surface area contributed by atoms with Gasteiger partial charge in [-0.1, -0.05) is 35.5 Å². The maximum atomic E-state index is 12.0. The molecule has 0 fully saturated rings. The Morgan fingerprint density at radius 3 is 2.84 bits per heavy atom. The SMILES string of the molecule is CCOc1ccc2nc(SCC(=O)NCc3ccc(Cl)cc3)sc2c1. The highest BCUT2D eigenvalue weighted by molar-refractivity contribution is 8.01. The van der Waals surface area contributed by atoms with Gasteiger partial charge < -0.3 is 10.1 Å². The minimum absolute atomic E-state index is 0.0192. The van der Waals surface area contributed by atoms with Crippen LogP contribution in [0.4, 0.5) is 0 Å². The average molecular weight is 393 g/mol. The largest absolute Gasteiger partial charge is 0.494 e. The van der Waals surface area contributed by atoms with Crippen LogP contribution in [-0.4, -0.2) is 23.3 Å². The molecule has 1 aromatic heterocycles. The molecule has 0 aliphatic rings. The molecule has 3 rings (SSSR count). The number of rotatable bonds is 7. The summed E-state index contributed by atoms with van der Waals surface area (Å²) in [7, 11) is 0. The minimum Gasteiger partial charge on any atom is -0.494 e. The van der Waals surface area contributed by atoms with Crippen molar-refractivity contribution in [2.45, 2.75) is 17.8 Å². The molecule has 1 heterocycles. The molecule has 25 heavy (non-hydrogen) atoms. The molecular weight excluding hydrogens is 376 g/mol. The van der Waals surface area contributed by atoms with Crippen LogP contribution < -0.4 is 10.1 Å². The highest BCUT2D eigenvalue weighted by atomic mass is 35.5. The molecule has 0 spiro atoms. The van der Waals surface area contributed by atoms with E-state index in [9.17, 15) is 4.79 Å². The predicted molar refractivity (Wildman–Crippen MR) is 105 cm³/mol. The Bertz CT molecular complexity index is 865. The number of ether oxygens (including phenoxy) is 1. The van der Waals surface area contributed by atoms with Crippen LogP contribution in [0.3, 0.4) is 0 Å². The molecule has 0 bridgehead atoms. The monoisotopic (exact) mass is 392 g/mol. The number of thiazole rings is 1. The number of fused-ring (bicyclic) bond motifs is 1. The number of hydrogen-bond acceptors (Lipinski definition) is 5. The molecule has 0 radical (unpaired) electrons. The lowest BCUT2D eigenvalue weighted by atomic mass is 10.2. The second-order valence-corrected chi connectivity index (χ2v) is 7.92.